The van der Waals surface area contributed by atoms with E-state index in [2.05, 4.69) is 26.2 Å². The number of aromatic nitrogens is 1. The number of benzene rings is 2. The molecule has 0 aliphatic heterocycles. The third-order valence-electron chi connectivity index (χ3n) is 3.55. The lowest BCUT2D eigenvalue weighted by molar-refractivity contribution is 0.0939. The molecule has 1 N–H and O–H groups in total. The zero-order chi connectivity index (χ0) is 15.5. The van der Waals surface area contributed by atoms with Gasteiger partial charge in [0, 0.05) is 16.2 Å². The van der Waals surface area contributed by atoms with Crippen molar-refractivity contribution in [3.63, 3.8) is 0 Å². The van der Waals surface area contributed by atoms with E-state index in [9.17, 15) is 4.79 Å². The highest BCUT2D eigenvalue weighted by Crippen LogP contribution is 2.26. The van der Waals surface area contributed by atoms with E-state index in [1.54, 1.807) is 6.20 Å². The minimum Gasteiger partial charge on any atom is -0.344 e. The Kier molecular flexibility index (Phi) is 4.20. The van der Waals surface area contributed by atoms with E-state index in [0.717, 1.165) is 20.9 Å². The zero-order valence-corrected chi connectivity index (χ0v) is 13.7. The number of fused-ring (bicyclic) bond motifs is 1. The van der Waals surface area contributed by atoms with E-state index in [1.807, 2.05) is 61.5 Å². The fourth-order valence-electron chi connectivity index (χ4n) is 2.38. The molecule has 2 aromatic carbocycles. The highest BCUT2D eigenvalue weighted by Gasteiger charge is 2.13. The highest BCUT2D eigenvalue weighted by molar-refractivity contribution is 9.10. The first-order chi connectivity index (χ1) is 10.6. The molecule has 0 spiro atoms. The molecule has 1 aromatic heterocycles. The number of carbonyl (C=O) groups excluding carboxylic acids is 1. The Morgan fingerprint density at radius 2 is 1.91 bits per heavy atom. The summed E-state index contributed by atoms with van der Waals surface area (Å²) in [7, 11) is 0. The molecule has 0 radical (unpaired) electrons. The first-order valence-electron chi connectivity index (χ1n) is 7.05. The van der Waals surface area contributed by atoms with Gasteiger partial charge >= 0.3 is 0 Å². The smallest absolute Gasteiger partial charge is 0.251 e. The lowest BCUT2D eigenvalue weighted by Crippen LogP contribution is -2.27. The van der Waals surface area contributed by atoms with E-state index in [1.165, 1.54) is 0 Å². The van der Waals surface area contributed by atoms with Crippen LogP contribution in [0.25, 0.3) is 10.8 Å². The van der Waals surface area contributed by atoms with Gasteiger partial charge < -0.3 is 5.32 Å². The molecule has 3 rings (SSSR count). The number of rotatable bonds is 3. The average molecular weight is 355 g/mol. The minimum absolute atomic E-state index is 0.107. The minimum atomic E-state index is -0.140. The van der Waals surface area contributed by atoms with Crippen LogP contribution < -0.4 is 5.32 Å². The van der Waals surface area contributed by atoms with Crippen molar-refractivity contribution in [1.29, 1.82) is 0 Å². The molecule has 0 aliphatic rings. The Labute approximate surface area is 137 Å². The van der Waals surface area contributed by atoms with Crippen molar-refractivity contribution < 1.29 is 4.79 Å². The van der Waals surface area contributed by atoms with Crippen LogP contribution in [0.4, 0.5) is 0 Å². The summed E-state index contributed by atoms with van der Waals surface area (Å²) in [6.07, 6.45) is 1.73. The lowest BCUT2D eigenvalue weighted by Gasteiger charge is -2.14. The molecule has 22 heavy (non-hydrogen) atoms. The predicted octanol–water partition coefficient (Wildman–Crippen LogP) is 4.49. The zero-order valence-electron chi connectivity index (χ0n) is 12.1. The Morgan fingerprint density at radius 3 is 2.68 bits per heavy atom. The normalized spacial score (nSPS) is 12.1. The van der Waals surface area contributed by atoms with Crippen LogP contribution in [0.3, 0.4) is 0 Å². The van der Waals surface area contributed by atoms with Crippen molar-refractivity contribution in [2.45, 2.75) is 13.0 Å². The van der Waals surface area contributed by atoms with E-state index in [4.69, 9.17) is 0 Å². The fraction of sp³-hybridized carbons (Fsp3) is 0.111. The average Bonchev–Trinajstić information content (AvgIpc) is 2.55. The number of nitrogens with zero attached hydrogens (tertiary/aromatic N) is 1. The molecule has 0 aliphatic carbocycles. The van der Waals surface area contributed by atoms with Crippen molar-refractivity contribution in [3.05, 3.63) is 76.5 Å². The van der Waals surface area contributed by atoms with Crippen molar-refractivity contribution in [2.24, 2.45) is 0 Å². The molecule has 3 nitrogen and oxygen atoms in total. The molecule has 0 saturated carbocycles. The van der Waals surface area contributed by atoms with Gasteiger partial charge in [-0.25, -0.2) is 0 Å². The molecule has 4 heteroatoms. The second kappa shape index (κ2) is 6.28. The van der Waals surface area contributed by atoms with Crippen LogP contribution in [0.15, 0.2) is 65.3 Å². The topological polar surface area (TPSA) is 42.0 Å². The monoisotopic (exact) mass is 354 g/mol. The van der Waals surface area contributed by atoms with Gasteiger partial charge in [0.2, 0.25) is 0 Å². The predicted molar refractivity (Wildman–Crippen MR) is 91.8 cm³/mol. The Morgan fingerprint density at radius 1 is 1.14 bits per heavy atom. The molecular weight excluding hydrogens is 340 g/mol. The molecule has 1 atom stereocenters. The highest BCUT2D eigenvalue weighted by atomic mass is 79.9. The summed E-state index contributed by atoms with van der Waals surface area (Å²) in [6, 6.07) is 17.3. The first-order valence-corrected chi connectivity index (χ1v) is 7.84. The van der Waals surface area contributed by atoms with Crippen molar-refractivity contribution in [1.82, 2.24) is 10.3 Å². The Bertz CT molecular complexity index is 818. The maximum atomic E-state index is 12.5. The Balaban J connectivity index is 1.86. The molecule has 0 fully saturated rings. The third kappa shape index (κ3) is 3.02. The number of hydrogen-bond acceptors (Lipinski definition) is 2. The summed E-state index contributed by atoms with van der Waals surface area (Å²) in [5.74, 6) is -0.107. The quantitative estimate of drug-likeness (QED) is 0.752. The number of halogens is 1. The number of amides is 1. The van der Waals surface area contributed by atoms with Gasteiger partial charge in [-0.05, 0) is 42.0 Å². The van der Waals surface area contributed by atoms with Crippen LogP contribution in [0, 0.1) is 0 Å². The van der Waals surface area contributed by atoms with Crippen LogP contribution in [0.1, 0.15) is 29.0 Å². The van der Waals surface area contributed by atoms with Crippen LogP contribution in [0.5, 0.6) is 0 Å². The third-order valence-corrected chi connectivity index (χ3v) is 4.21. The van der Waals surface area contributed by atoms with E-state index < -0.39 is 0 Å². The largest absolute Gasteiger partial charge is 0.344 e. The van der Waals surface area contributed by atoms with Gasteiger partial charge in [-0.15, -0.1) is 0 Å². The van der Waals surface area contributed by atoms with Gasteiger partial charge in [0.15, 0.2) is 0 Å². The first kappa shape index (κ1) is 14.7. The van der Waals surface area contributed by atoms with Gasteiger partial charge in [0.05, 0.1) is 11.7 Å². The second-order valence-corrected chi connectivity index (χ2v) is 5.98. The Hall–Kier alpha value is -2.20. The van der Waals surface area contributed by atoms with E-state index >= 15 is 0 Å². The summed E-state index contributed by atoms with van der Waals surface area (Å²) in [5.41, 5.74) is 1.48. The molecular formula is C18H15BrN2O. The van der Waals surface area contributed by atoms with Crippen molar-refractivity contribution in [2.75, 3.05) is 0 Å². The number of nitrogens with one attached hydrogen (secondary N) is 1. The van der Waals surface area contributed by atoms with Gasteiger partial charge in [0.25, 0.3) is 5.91 Å². The van der Waals surface area contributed by atoms with Gasteiger partial charge in [0.1, 0.15) is 0 Å². The maximum absolute atomic E-state index is 12.5. The van der Waals surface area contributed by atoms with E-state index in [-0.39, 0.29) is 11.9 Å². The fourth-order valence-corrected chi connectivity index (χ4v) is 2.99. The van der Waals surface area contributed by atoms with E-state index in [0.29, 0.717) is 5.56 Å². The van der Waals surface area contributed by atoms with Crippen LogP contribution in [0.2, 0.25) is 0 Å². The summed E-state index contributed by atoms with van der Waals surface area (Å²) >= 11 is 3.53. The summed E-state index contributed by atoms with van der Waals surface area (Å²) in [5, 5.41) is 5.11. The summed E-state index contributed by atoms with van der Waals surface area (Å²) < 4.78 is 0.918. The van der Waals surface area contributed by atoms with Crippen molar-refractivity contribution in [3.8, 4) is 0 Å². The SMILES string of the molecule is C[C@H](NC(=O)c1cc(Br)c2ccccc2c1)c1ccccn1. The molecule has 0 bridgehead atoms. The molecule has 1 heterocycles. The van der Waals surface area contributed by atoms with Crippen LogP contribution in [-0.2, 0) is 0 Å². The standard InChI is InChI=1S/C18H15BrN2O/c1-12(17-8-4-5-9-20-17)21-18(22)14-10-13-6-2-3-7-15(13)16(19)11-14/h2-12H,1H3,(H,21,22)/t12-/m0/s1. The number of pyridine rings is 1. The van der Waals surface area contributed by atoms with Crippen LogP contribution >= 0.6 is 15.9 Å². The number of carbonyl (C=O) groups is 1. The van der Waals surface area contributed by atoms with Gasteiger partial charge in [-0.3, -0.25) is 9.78 Å². The van der Waals surface area contributed by atoms with Crippen molar-refractivity contribution >= 4 is 32.6 Å². The second-order valence-electron chi connectivity index (χ2n) is 5.13. The van der Waals surface area contributed by atoms with Crippen LogP contribution in [-0.4, -0.2) is 10.9 Å². The summed E-state index contributed by atoms with van der Waals surface area (Å²) in [6.45, 7) is 1.93. The molecule has 1 amide bonds. The molecule has 3 aromatic rings. The van der Waals surface area contributed by atoms with Gasteiger partial charge in [-0.2, -0.15) is 0 Å². The summed E-state index contributed by atoms with van der Waals surface area (Å²) in [4.78, 5) is 16.7. The lowest BCUT2D eigenvalue weighted by atomic mass is 10.1. The van der Waals surface area contributed by atoms with Gasteiger partial charge in [-0.1, -0.05) is 46.3 Å². The molecule has 0 unspecified atom stereocenters. The number of hydrogen-bond donors (Lipinski definition) is 1. The molecule has 110 valence electrons. The molecule has 0 saturated heterocycles. The maximum Gasteiger partial charge on any atom is 0.251 e.